The summed E-state index contributed by atoms with van der Waals surface area (Å²) in [7, 11) is 0. The van der Waals surface area contributed by atoms with E-state index < -0.39 is 5.97 Å². The van der Waals surface area contributed by atoms with Crippen molar-refractivity contribution in [2.24, 2.45) is 5.92 Å². The van der Waals surface area contributed by atoms with Gasteiger partial charge in [0.2, 0.25) is 5.91 Å². The summed E-state index contributed by atoms with van der Waals surface area (Å²) in [4.78, 5) is 22.8. The van der Waals surface area contributed by atoms with Crippen molar-refractivity contribution in [3.63, 3.8) is 0 Å². The van der Waals surface area contributed by atoms with Crippen molar-refractivity contribution in [2.45, 2.75) is 31.7 Å². The molecule has 0 spiro atoms. The number of ether oxygens (including phenoxy) is 1. The molecule has 2 aromatic rings. The summed E-state index contributed by atoms with van der Waals surface area (Å²) in [5, 5.41) is 12.3. The molecule has 1 aliphatic rings. The van der Waals surface area contributed by atoms with E-state index in [-0.39, 0.29) is 24.2 Å². The first-order chi connectivity index (χ1) is 13.0. The molecule has 0 bridgehead atoms. The topological polar surface area (TPSA) is 75.6 Å². The van der Waals surface area contributed by atoms with Gasteiger partial charge in [-0.25, -0.2) is 0 Å². The largest absolute Gasteiger partial charge is 0.494 e. The SMILES string of the molecule is O=C(O)CCCOc1ccc(CNC(=O)C2CC2c2ccccc2Cl)cc1. The van der Waals surface area contributed by atoms with Crippen molar-refractivity contribution in [1.82, 2.24) is 5.32 Å². The third kappa shape index (κ3) is 5.47. The first-order valence-corrected chi connectivity index (χ1v) is 9.38. The third-order valence-corrected chi connectivity index (χ3v) is 4.97. The second-order valence-electron chi connectivity index (χ2n) is 6.68. The highest BCUT2D eigenvalue weighted by Crippen LogP contribution is 2.49. The van der Waals surface area contributed by atoms with Gasteiger partial charge in [0.05, 0.1) is 6.61 Å². The summed E-state index contributed by atoms with van der Waals surface area (Å²) in [6.45, 7) is 0.831. The molecule has 142 valence electrons. The second-order valence-corrected chi connectivity index (χ2v) is 7.08. The fourth-order valence-corrected chi connectivity index (χ4v) is 3.32. The van der Waals surface area contributed by atoms with Gasteiger partial charge < -0.3 is 15.2 Å². The zero-order chi connectivity index (χ0) is 19.2. The smallest absolute Gasteiger partial charge is 0.303 e. The zero-order valence-electron chi connectivity index (χ0n) is 14.9. The molecule has 0 saturated heterocycles. The van der Waals surface area contributed by atoms with Crippen LogP contribution in [0.2, 0.25) is 5.02 Å². The molecule has 6 heteroatoms. The molecule has 0 radical (unpaired) electrons. The molecule has 2 unspecified atom stereocenters. The number of amides is 1. The molecule has 2 atom stereocenters. The maximum absolute atomic E-state index is 12.3. The van der Waals surface area contributed by atoms with Crippen molar-refractivity contribution >= 4 is 23.5 Å². The average molecular weight is 388 g/mol. The number of carbonyl (C=O) groups excluding carboxylic acids is 1. The van der Waals surface area contributed by atoms with E-state index in [1.165, 1.54) is 0 Å². The van der Waals surface area contributed by atoms with Crippen LogP contribution in [0.5, 0.6) is 5.75 Å². The minimum Gasteiger partial charge on any atom is -0.494 e. The van der Waals surface area contributed by atoms with Crippen LogP contribution in [0.15, 0.2) is 48.5 Å². The molecule has 0 aromatic heterocycles. The molecule has 1 aliphatic carbocycles. The van der Waals surface area contributed by atoms with Crippen LogP contribution < -0.4 is 10.1 Å². The highest BCUT2D eigenvalue weighted by Gasteiger charge is 2.44. The Morgan fingerprint density at radius 2 is 1.89 bits per heavy atom. The first kappa shape index (κ1) is 19.2. The number of carboxylic acids is 1. The van der Waals surface area contributed by atoms with Crippen molar-refractivity contribution < 1.29 is 19.4 Å². The number of hydrogen-bond donors (Lipinski definition) is 2. The Kier molecular flexibility index (Phi) is 6.35. The molecular weight excluding hydrogens is 366 g/mol. The molecule has 3 rings (SSSR count). The molecule has 1 amide bonds. The monoisotopic (exact) mass is 387 g/mol. The Morgan fingerprint density at radius 3 is 2.59 bits per heavy atom. The maximum Gasteiger partial charge on any atom is 0.303 e. The summed E-state index contributed by atoms with van der Waals surface area (Å²) in [6, 6.07) is 15.1. The van der Waals surface area contributed by atoms with E-state index >= 15 is 0 Å². The van der Waals surface area contributed by atoms with Crippen molar-refractivity contribution in [3.05, 3.63) is 64.7 Å². The summed E-state index contributed by atoms with van der Waals surface area (Å²) in [5.74, 6) is 0.115. The van der Waals surface area contributed by atoms with Crippen LogP contribution in [0.4, 0.5) is 0 Å². The predicted octanol–water partition coefficient (Wildman–Crippen LogP) is 4.00. The maximum atomic E-state index is 12.3. The van der Waals surface area contributed by atoms with E-state index in [9.17, 15) is 9.59 Å². The standard InChI is InChI=1S/C21H22ClNO4/c22-19-5-2-1-4-16(19)17-12-18(17)21(26)23-13-14-7-9-15(10-8-14)27-11-3-6-20(24)25/h1-2,4-5,7-10,17-18H,3,6,11-13H2,(H,23,26)(H,24,25). The minimum absolute atomic E-state index is 0.0123. The van der Waals surface area contributed by atoms with Crippen LogP contribution in [-0.2, 0) is 16.1 Å². The Morgan fingerprint density at radius 1 is 1.15 bits per heavy atom. The Bertz CT molecular complexity index is 806. The van der Waals surface area contributed by atoms with Gasteiger partial charge in [-0.2, -0.15) is 0 Å². The summed E-state index contributed by atoms with van der Waals surface area (Å²) >= 11 is 6.21. The highest BCUT2D eigenvalue weighted by molar-refractivity contribution is 6.31. The zero-order valence-corrected chi connectivity index (χ0v) is 15.6. The number of rotatable bonds is 9. The number of carboxylic acid groups (broad SMARTS) is 1. The summed E-state index contributed by atoms with van der Waals surface area (Å²) < 4.78 is 5.50. The Balaban J connectivity index is 1.42. The molecule has 1 saturated carbocycles. The normalized spacial score (nSPS) is 18.0. The first-order valence-electron chi connectivity index (χ1n) is 9.00. The Labute approximate surface area is 163 Å². The molecule has 0 heterocycles. The third-order valence-electron chi connectivity index (χ3n) is 4.63. The van der Waals surface area contributed by atoms with Crippen LogP contribution >= 0.6 is 11.6 Å². The fraction of sp³-hybridized carbons (Fsp3) is 0.333. The predicted molar refractivity (Wildman–Crippen MR) is 103 cm³/mol. The molecule has 1 fully saturated rings. The lowest BCUT2D eigenvalue weighted by Crippen LogP contribution is -2.24. The van der Waals surface area contributed by atoms with E-state index in [1.807, 2.05) is 48.5 Å². The second kappa shape index (κ2) is 8.91. The molecular formula is C21H22ClNO4. The number of aliphatic carboxylic acids is 1. The highest BCUT2D eigenvalue weighted by atomic mass is 35.5. The van der Waals surface area contributed by atoms with E-state index in [4.69, 9.17) is 21.4 Å². The lowest BCUT2D eigenvalue weighted by atomic mass is 10.1. The van der Waals surface area contributed by atoms with Crippen molar-refractivity contribution in [1.29, 1.82) is 0 Å². The van der Waals surface area contributed by atoms with Gasteiger partial charge in [-0.05, 0) is 48.1 Å². The van der Waals surface area contributed by atoms with Gasteiger partial charge in [0.25, 0.3) is 0 Å². The number of nitrogens with one attached hydrogen (secondary N) is 1. The minimum atomic E-state index is -0.822. The number of carbonyl (C=O) groups is 2. The quantitative estimate of drug-likeness (QED) is 0.637. The average Bonchev–Trinajstić information content (AvgIpc) is 3.45. The van der Waals surface area contributed by atoms with Crippen LogP contribution in [0.1, 0.15) is 36.3 Å². The van der Waals surface area contributed by atoms with Gasteiger partial charge in [0, 0.05) is 23.9 Å². The van der Waals surface area contributed by atoms with Gasteiger partial charge in [-0.3, -0.25) is 9.59 Å². The van der Waals surface area contributed by atoms with E-state index in [0.29, 0.717) is 25.3 Å². The van der Waals surface area contributed by atoms with Gasteiger partial charge in [-0.15, -0.1) is 0 Å². The number of hydrogen-bond acceptors (Lipinski definition) is 3. The summed E-state index contributed by atoms with van der Waals surface area (Å²) in [6.07, 6.45) is 1.40. The van der Waals surface area contributed by atoms with E-state index in [0.717, 1.165) is 22.6 Å². The van der Waals surface area contributed by atoms with Crippen LogP contribution in [0.25, 0.3) is 0 Å². The lowest BCUT2D eigenvalue weighted by Gasteiger charge is -2.08. The van der Waals surface area contributed by atoms with Gasteiger partial charge in [0.1, 0.15) is 5.75 Å². The molecule has 2 aromatic carbocycles. The molecule has 27 heavy (non-hydrogen) atoms. The van der Waals surface area contributed by atoms with Crippen LogP contribution in [-0.4, -0.2) is 23.6 Å². The van der Waals surface area contributed by atoms with Crippen LogP contribution in [0, 0.1) is 5.92 Å². The van der Waals surface area contributed by atoms with E-state index in [1.54, 1.807) is 0 Å². The van der Waals surface area contributed by atoms with Gasteiger partial charge in [0.15, 0.2) is 0 Å². The molecule has 0 aliphatic heterocycles. The molecule has 2 N–H and O–H groups in total. The number of halogens is 1. The fourth-order valence-electron chi connectivity index (χ4n) is 3.04. The summed E-state index contributed by atoms with van der Waals surface area (Å²) in [5.41, 5.74) is 2.03. The Hall–Kier alpha value is -2.53. The van der Waals surface area contributed by atoms with E-state index in [2.05, 4.69) is 5.32 Å². The lowest BCUT2D eigenvalue weighted by molar-refractivity contribution is -0.137. The van der Waals surface area contributed by atoms with Crippen molar-refractivity contribution in [3.8, 4) is 5.75 Å². The number of benzene rings is 2. The van der Waals surface area contributed by atoms with Crippen molar-refractivity contribution in [2.75, 3.05) is 6.61 Å². The van der Waals surface area contributed by atoms with Gasteiger partial charge in [-0.1, -0.05) is 41.9 Å². The molecule has 5 nitrogen and oxygen atoms in total. The van der Waals surface area contributed by atoms with Crippen LogP contribution in [0.3, 0.4) is 0 Å². The van der Waals surface area contributed by atoms with Gasteiger partial charge >= 0.3 is 5.97 Å².